The molecule has 178 valence electrons. The van der Waals surface area contributed by atoms with Crippen LogP contribution in [-0.2, 0) is 0 Å². The summed E-state index contributed by atoms with van der Waals surface area (Å²) in [6.45, 7) is 4.25. The molecule has 2 saturated carbocycles. The van der Waals surface area contributed by atoms with E-state index in [9.17, 15) is 4.79 Å². The van der Waals surface area contributed by atoms with Crippen LogP contribution in [0.3, 0.4) is 0 Å². The van der Waals surface area contributed by atoms with Crippen molar-refractivity contribution >= 4 is 5.97 Å². The van der Waals surface area contributed by atoms with E-state index in [0.717, 1.165) is 41.7 Å². The van der Waals surface area contributed by atoms with E-state index in [1.54, 1.807) is 18.2 Å². The Kier molecular flexibility index (Phi) is 8.22. The number of carbonyl (C=O) groups is 1. The number of halogens is 1. The summed E-state index contributed by atoms with van der Waals surface area (Å²) in [7, 11) is 0. The summed E-state index contributed by atoms with van der Waals surface area (Å²) in [5.74, 6) is 2.46. The average molecular weight is 451 g/mol. The Morgan fingerprint density at radius 3 is 2.45 bits per heavy atom. The lowest BCUT2D eigenvalue weighted by Gasteiger charge is -2.42. The quantitative estimate of drug-likeness (QED) is 0.228. The van der Waals surface area contributed by atoms with Gasteiger partial charge in [-0.05, 0) is 92.5 Å². The Morgan fingerprint density at radius 1 is 0.939 bits per heavy atom. The fraction of sp³-hybridized carbons (Fsp3) is 0.567. The third kappa shape index (κ3) is 6.25. The lowest BCUT2D eigenvalue weighted by molar-refractivity contribution is 0.0734. The van der Waals surface area contributed by atoms with Crippen LogP contribution in [-0.4, -0.2) is 5.97 Å². The third-order valence-electron chi connectivity index (χ3n) is 8.10. The molecule has 2 aromatic carbocycles. The molecular formula is C30H39FO2. The Labute approximate surface area is 198 Å². The van der Waals surface area contributed by atoms with Crippen molar-refractivity contribution in [3.8, 4) is 5.75 Å². The average Bonchev–Trinajstić information content (AvgIpc) is 2.83. The molecule has 0 aliphatic heterocycles. The van der Waals surface area contributed by atoms with Gasteiger partial charge in [0.15, 0.2) is 0 Å². The van der Waals surface area contributed by atoms with Crippen LogP contribution in [0.1, 0.15) is 105 Å². The predicted molar refractivity (Wildman–Crippen MR) is 132 cm³/mol. The standard InChI is InChI=1S/C30H39FO2/c1-3-4-5-6-7-22-10-11-24-19-25(13-12-23(24)18-22)28-17-14-26(20-29(28)31)30(32)33-27-15-8-21(2)9-16-27/h8-9,14-17,20,22-25H,3-7,10-13,18-19H2,1-2H3/t22-,23-,24+,25?/m0/s1. The highest BCUT2D eigenvalue weighted by Crippen LogP contribution is 2.48. The van der Waals surface area contributed by atoms with Crippen LogP contribution in [0.15, 0.2) is 42.5 Å². The monoisotopic (exact) mass is 450 g/mol. The Hall–Kier alpha value is -2.16. The number of hydrogen-bond acceptors (Lipinski definition) is 2. The zero-order chi connectivity index (χ0) is 23.2. The van der Waals surface area contributed by atoms with Gasteiger partial charge < -0.3 is 4.74 Å². The lowest BCUT2D eigenvalue weighted by Crippen LogP contribution is -2.30. The second-order valence-corrected chi connectivity index (χ2v) is 10.5. The Morgan fingerprint density at radius 2 is 1.70 bits per heavy atom. The van der Waals surface area contributed by atoms with E-state index in [0.29, 0.717) is 5.75 Å². The van der Waals surface area contributed by atoms with Crippen LogP contribution >= 0.6 is 0 Å². The van der Waals surface area contributed by atoms with Gasteiger partial charge in [-0.2, -0.15) is 0 Å². The topological polar surface area (TPSA) is 26.3 Å². The smallest absolute Gasteiger partial charge is 0.343 e. The zero-order valence-electron chi connectivity index (χ0n) is 20.3. The van der Waals surface area contributed by atoms with E-state index in [1.165, 1.54) is 63.9 Å². The highest BCUT2D eigenvalue weighted by molar-refractivity contribution is 5.91. The fourth-order valence-corrected chi connectivity index (χ4v) is 6.15. The van der Waals surface area contributed by atoms with E-state index >= 15 is 4.39 Å². The van der Waals surface area contributed by atoms with Crippen molar-refractivity contribution in [3.05, 3.63) is 65.0 Å². The minimum atomic E-state index is -0.509. The second kappa shape index (κ2) is 11.3. The molecule has 4 atom stereocenters. The van der Waals surface area contributed by atoms with Gasteiger partial charge in [0.05, 0.1) is 5.56 Å². The van der Waals surface area contributed by atoms with Crippen molar-refractivity contribution in [1.29, 1.82) is 0 Å². The molecular weight excluding hydrogens is 411 g/mol. The first-order valence-corrected chi connectivity index (χ1v) is 13.1. The first kappa shape index (κ1) is 24.0. The van der Waals surface area contributed by atoms with E-state index in [4.69, 9.17) is 4.74 Å². The van der Waals surface area contributed by atoms with Gasteiger partial charge in [0.1, 0.15) is 11.6 Å². The highest BCUT2D eigenvalue weighted by atomic mass is 19.1. The maximum atomic E-state index is 15.1. The van der Waals surface area contributed by atoms with Gasteiger partial charge in [-0.3, -0.25) is 0 Å². The van der Waals surface area contributed by atoms with Crippen molar-refractivity contribution in [3.63, 3.8) is 0 Å². The van der Waals surface area contributed by atoms with Gasteiger partial charge in [-0.25, -0.2) is 9.18 Å². The molecule has 0 amide bonds. The molecule has 2 aromatic rings. The molecule has 0 heterocycles. The van der Waals surface area contributed by atoms with Crippen molar-refractivity contribution in [1.82, 2.24) is 0 Å². The number of esters is 1. The number of benzene rings is 2. The van der Waals surface area contributed by atoms with Crippen LogP contribution in [0, 0.1) is 30.5 Å². The van der Waals surface area contributed by atoms with Crippen LogP contribution in [0.25, 0.3) is 0 Å². The van der Waals surface area contributed by atoms with E-state index in [2.05, 4.69) is 6.92 Å². The number of rotatable bonds is 8. The van der Waals surface area contributed by atoms with E-state index < -0.39 is 5.97 Å². The number of unbranched alkanes of at least 4 members (excludes halogenated alkanes) is 3. The van der Waals surface area contributed by atoms with E-state index in [1.807, 2.05) is 25.1 Å². The second-order valence-electron chi connectivity index (χ2n) is 10.5. The molecule has 2 aliphatic rings. The molecule has 2 nitrogen and oxygen atoms in total. The Balaban J connectivity index is 1.32. The fourth-order valence-electron chi connectivity index (χ4n) is 6.15. The van der Waals surface area contributed by atoms with Crippen molar-refractivity contribution in [2.24, 2.45) is 17.8 Å². The number of carbonyl (C=O) groups excluding carboxylic acids is 1. The largest absolute Gasteiger partial charge is 0.423 e. The van der Waals surface area contributed by atoms with Crippen molar-refractivity contribution < 1.29 is 13.9 Å². The first-order valence-electron chi connectivity index (χ1n) is 13.1. The predicted octanol–water partition coefficient (Wildman–Crippen LogP) is 8.62. The number of fused-ring (bicyclic) bond motifs is 1. The molecule has 0 saturated heterocycles. The summed E-state index contributed by atoms with van der Waals surface area (Å²) in [6, 6.07) is 12.2. The first-order chi connectivity index (χ1) is 16.0. The number of aryl methyl sites for hydroxylation is 1. The van der Waals surface area contributed by atoms with Gasteiger partial charge in [0.25, 0.3) is 0 Å². The number of ether oxygens (including phenoxy) is 1. The molecule has 0 spiro atoms. The van der Waals surface area contributed by atoms with Gasteiger partial charge in [-0.15, -0.1) is 0 Å². The van der Waals surface area contributed by atoms with Gasteiger partial charge in [0, 0.05) is 0 Å². The third-order valence-corrected chi connectivity index (χ3v) is 8.10. The Bertz CT molecular complexity index is 919. The van der Waals surface area contributed by atoms with Crippen LogP contribution in [0.4, 0.5) is 4.39 Å². The van der Waals surface area contributed by atoms with Crippen LogP contribution in [0.2, 0.25) is 0 Å². The molecule has 33 heavy (non-hydrogen) atoms. The zero-order valence-corrected chi connectivity index (χ0v) is 20.3. The minimum absolute atomic E-state index is 0.263. The highest BCUT2D eigenvalue weighted by Gasteiger charge is 2.36. The van der Waals surface area contributed by atoms with E-state index in [-0.39, 0.29) is 17.3 Å². The van der Waals surface area contributed by atoms with Gasteiger partial charge >= 0.3 is 5.97 Å². The van der Waals surface area contributed by atoms with Crippen molar-refractivity contribution in [2.45, 2.75) is 90.4 Å². The number of hydrogen-bond donors (Lipinski definition) is 0. The summed E-state index contributed by atoms with van der Waals surface area (Å²) in [5.41, 5.74) is 2.15. The molecule has 0 radical (unpaired) electrons. The molecule has 0 aromatic heterocycles. The SMILES string of the molecule is CCCCCC[C@H]1CC[C@@H]2CC(c3ccc(C(=O)Oc4ccc(C)cc4)cc3F)CC[C@H]2C1. The van der Waals surface area contributed by atoms with Gasteiger partial charge in [-0.1, -0.05) is 69.2 Å². The maximum Gasteiger partial charge on any atom is 0.343 e. The summed E-state index contributed by atoms with van der Waals surface area (Å²) < 4.78 is 20.5. The lowest BCUT2D eigenvalue weighted by atomic mass is 9.63. The van der Waals surface area contributed by atoms with Gasteiger partial charge in [0.2, 0.25) is 0 Å². The molecule has 3 heteroatoms. The maximum absolute atomic E-state index is 15.1. The van der Waals surface area contributed by atoms with Crippen LogP contribution in [0.5, 0.6) is 5.75 Å². The minimum Gasteiger partial charge on any atom is -0.423 e. The summed E-state index contributed by atoms with van der Waals surface area (Å²) in [5, 5.41) is 0. The molecule has 2 aliphatic carbocycles. The normalized spacial score (nSPS) is 24.8. The summed E-state index contributed by atoms with van der Waals surface area (Å²) >= 11 is 0. The summed E-state index contributed by atoms with van der Waals surface area (Å²) in [4.78, 5) is 12.5. The molecule has 1 unspecified atom stereocenters. The summed E-state index contributed by atoms with van der Waals surface area (Å²) in [6.07, 6.45) is 14.3. The molecule has 0 N–H and O–H groups in total. The molecule has 4 rings (SSSR count). The molecule has 0 bridgehead atoms. The van der Waals surface area contributed by atoms with Crippen molar-refractivity contribution in [2.75, 3.05) is 0 Å². The van der Waals surface area contributed by atoms with Crippen LogP contribution < -0.4 is 4.74 Å². The molecule has 2 fully saturated rings.